The molecule has 0 spiro atoms. The van der Waals surface area contributed by atoms with Crippen molar-refractivity contribution in [1.29, 1.82) is 0 Å². The van der Waals surface area contributed by atoms with Crippen molar-refractivity contribution in [3.63, 3.8) is 0 Å². The Morgan fingerprint density at radius 3 is 2.33 bits per heavy atom. The van der Waals surface area contributed by atoms with Crippen LogP contribution >= 0.6 is 0 Å². The van der Waals surface area contributed by atoms with Gasteiger partial charge in [0.1, 0.15) is 5.75 Å². The summed E-state index contributed by atoms with van der Waals surface area (Å²) in [4.78, 5) is 0. The number of rotatable bonds is 5. The monoisotopic (exact) mass is 280 g/mol. The molecule has 0 N–H and O–H groups in total. The number of hydrogen-bond donors (Lipinski definition) is 0. The fourth-order valence-electron chi connectivity index (χ4n) is 2.11. The summed E-state index contributed by atoms with van der Waals surface area (Å²) in [5.41, 5.74) is 1.07. The Bertz CT molecular complexity index is 667. The zero-order chi connectivity index (χ0) is 14.5. The van der Waals surface area contributed by atoms with Gasteiger partial charge in [-0.2, -0.15) is 10.2 Å². The molecule has 0 saturated heterocycles. The van der Waals surface area contributed by atoms with Gasteiger partial charge in [0.2, 0.25) is 0 Å². The maximum Gasteiger partial charge on any atom is 0.162 e. The average Bonchev–Trinajstić information content (AvgIpc) is 3.21. The molecule has 1 aromatic carbocycles. The second kappa shape index (κ2) is 6.09. The van der Waals surface area contributed by atoms with Crippen molar-refractivity contribution >= 4 is 6.08 Å². The van der Waals surface area contributed by atoms with E-state index in [1.54, 1.807) is 19.5 Å². The summed E-state index contributed by atoms with van der Waals surface area (Å²) in [5, 5.41) is 8.60. The minimum atomic E-state index is -0.0961. The second-order valence-electron chi connectivity index (χ2n) is 4.52. The van der Waals surface area contributed by atoms with Crippen LogP contribution in [0.1, 0.15) is 11.7 Å². The van der Waals surface area contributed by atoms with Crippen LogP contribution in [0.4, 0.5) is 0 Å². The Morgan fingerprint density at radius 2 is 1.76 bits per heavy atom. The van der Waals surface area contributed by atoms with Crippen molar-refractivity contribution in [3.05, 3.63) is 72.8 Å². The van der Waals surface area contributed by atoms with Crippen molar-refractivity contribution in [3.8, 4) is 5.75 Å². The molecule has 0 aliphatic carbocycles. The molecule has 106 valence electrons. The van der Waals surface area contributed by atoms with Crippen molar-refractivity contribution < 1.29 is 4.74 Å². The molecule has 0 saturated carbocycles. The molecule has 0 bridgehead atoms. The van der Waals surface area contributed by atoms with Gasteiger partial charge >= 0.3 is 0 Å². The predicted molar refractivity (Wildman–Crippen MR) is 80.9 cm³/mol. The molecule has 21 heavy (non-hydrogen) atoms. The van der Waals surface area contributed by atoms with Crippen molar-refractivity contribution in [2.75, 3.05) is 7.11 Å². The van der Waals surface area contributed by atoms with Gasteiger partial charge in [-0.3, -0.25) is 0 Å². The summed E-state index contributed by atoms with van der Waals surface area (Å²) >= 11 is 0. The van der Waals surface area contributed by atoms with Gasteiger partial charge in [-0.25, -0.2) is 9.36 Å². The first-order chi connectivity index (χ1) is 10.4. The highest BCUT2D eigenvalue weighted by molar-refractivity contribution is 5.52. The topological polar surface area (TPSA) is 44.9 Å². The maximum atomic E-state index is 5.24. The SMILES string of the molecule is COc1cccc(/C=C/C(n2cccn2)n2cccn2)c1. The van der Waals surface area contributed by atoms with Gasteiger partial charge in [0.25, 0.3) is 0 Å². The number of hydrogen-bond acceptors (Lipinski definition) is 3. The first-order valence-corrected chi connectivity index (χ1v) is 6.67. The fraction of sp³-hybridized carbons (Fsp3) is 0.125. The second-order valence-corrected chi connectivity index (χ2v) is 4.52. The van der Waals surface area contributed by atoms with Crippen molar-refractivity contribution in [2.24, 2.45) is 0 Å². The highest BCUT2D eigenvalue weighted by atomic mass is 16.5. The van der Waals surface area contributed by atoms with E-state index in [9.17, 15) is 0 Å². The molecule has 0 unspecified atom stereocenters. The molecule has 2 aromatic heterocycles. The molecule has 0 atom stereocenters. The summed E-state index contributed by atoms with van der Waals surface area (Å²) in [6, 6.07) is 11.7. The van der Waals surface area contributed by atoms with Gasteiger partial charge in [-0.05, 0) is 35.9 Å². The normalized spacial score (nSPS) is 11.3. The third-order valence-corrected chi connectivity index (χ3v) is 3.15. The van der Waals surface area contributed by atoms with Crippen molar-refractivity contribution in [2.45, 2.75) is 6.17 Å². The minimum Gasteiger partial charge on any atom is -0.497 e. The smallest absolute Gasteiger partial charge is 0.162 e. The Hall–Kier alpha value is -2.82. The van der Waals surface area contributed by atoms with E-state index in [-0.39, 0.29) is 6.17 Å². The third-order valence-electron chi connectivity index (χ3n) is 3.15. The van der Waals surface area contributed by atoms with Crippen LogP contribution in [0.3, 0.4) is 0 Å². The number of benzene rings is 1. The molecular formula is C16H16N4O. The molecule has 3 rings (SSSR count). The molecule has 0 aliphatic rings. The molecule has 0 radical (unpaired) electrons. The lowest BCUT2D eigenvalue weighted by atomic mass is 10.2. The fourth-order valence-corrected chi connectivity index (χ4v) is 2.11. The first-order valence-electron chi connectivity index (χ1n) is 6.67. The van der Waals surface area contributed by atoms with Gasteiger partial charge in [0.15, 0.2) is 6.17 Å². The number of aromatic nitrogens is 4. The molecular weight excluding hydrogens is 264 g/mol. The molecule has 0 amide bonds. The van der Waals surface area contributed by atoms with Crippen LogP contribution in [0.15, 0.2) is 67.3 Å². The lowest BCUT2D eigenvalue weighted by Gasteiger charge is -2.14. The largest absolute Gasteiger partial charge is 0.497 e. The zero-order valence-corrected chi connectivity index (χ0v) is 11.7. The van der Waals surface area contributed by atoms with Crippen LogP contribution in [0, 0.1) is 0 Å². The number of ether oxygens (including phenoxy) is 1. The van der Waals surface area contributed by atoms with E-state index in [1.165, 1.54) is 0 Å². The van der Waals surface area contributed by atoms with E-state index < -0.39 is 0 Å². The summed E-state index contributed by atoms with van der Waals surface area (Å²) in [7, 11) is 1.67. The van der Waals surface area contributed by atoms with Crippen LogP contribution in [-0.4, -0.2) is 26.7 Å². The molecule has 5 nitrogen and oxygen atoms in total. The van der Waals surface area contributed by atoms with Crippen molar-refractivity contribution in [1.82, 2.24) is 19.6 Å². The number of allylic oxidation sites excluding steroid dienone is 1. The highest BCUT2D eigenvalue weighted by Crippen LogP contribution is 2.16. The summed E-state index contributed by atoms with van der Waals surface area (Å²) in [6.07, 6.45) is 11.3. The Kier molecular flexibility index (Phi) is 3.82. The van der Waals surface area contributed by atoms with E-state index in [0.29, 0.717) is 0 Å². The molecule has 0 fully saturated rings. The Labute approximate surface area is 123 Å². The first kappa shape index (κ1) is 13.2. The quantitative estimate of drug-likeness (QED) is 0.722. The minimum absolute atomic E-state index is 0.0961. The standard InChI is InChI=1S/C16H16N4O/c1-21-15-6-2-5-14(13-15)7-8-16(19-11-3-9-17-19)20-12-4-10-18-20/h2-13,16H,1H3/b8-7+. The van der Waals surface area contributed by atoms with Crippen LogP contribution in [0.25, 0.3) is 6.08 Å². The van der Waals surface area contributed by atoms with E-state index in [1.807, 2.05) is 64.2 Å². The number of nitrogens with zero attached hydrogens (tertiary/aromatic N) is 4. The third kappa shape index (κ3) is 3.02. The van der Waals surface area contributed by atoms with E-state index >= 15 is 0 Å². The van der Waals surface area contributed by atoms with Gasteiger partial charge in [-0.15, -0.1) is 0 Å². The summed E-state index contributed by atoms with van der Waals surface area (Å²) in [5.74, 6) is 0.840. The van der Waals surface area contributed by atoms with Crippen LogP contribution in [0.2, 0.25) is 0 Å². The van der Waals surface area contributed by atoms with Gasteiger partial charge < -0.3 is 4.74 Å². The summed E-state index contributed by atoms with van der Waals surface area (Å²) in [6.45, 7) is 0. The zero-order valence-electron chi connectivity index (χ0n) is 11.7. The van der Waals surface area contributed by atoms with E-state index in [4.69, 9.17) is 4.74 Å². The average molecular weight is 280 g/mol. The van der Waals surface area contributed by atoms with E-state index in [2.05, 4.69) is 16.3 Å². The van der Waals surface area contributed by atoms with Gasteiger partial charge in [-0.1, -0.05) is 18.2 Å². The van der Waals surface area contributed by atoms with Crippen LogP contribution < -0.4 is 4.74 Å². The van der Waals surface area contributed by atoms with Crippen LogP contribution in [-0.2, 0) is 0 Å². The molecule has 2 heterocycles. The highest BCUT2D eigenvalue weighted by Gasteiger charge is 2.09. The van der Waals surface area contributed by atoms with E-state index in [0.717, 1.165) is 11.3 Å². The molecule has 0 aliphatic heterocycles. The maximum absolute atomic E-state index is 5.24. The molecule has 5 heteroatoms. The number of methoxy groups -OCH3 is 1. The lowest BCUT2D eigenvalue weighted by Crippen LogP contribution is -2.16. The van der Waals surface area contributed by atoms with Gasteiger partial charge in [0.05, 0.1) is 7.11 Å². The van der Waals surface area contributed by atoms with Crippen LogP contribution in [0.5, 0.6) is 5.75 Å². The molecule has 3 aromatic rings. The van der Waals surface area contributed by atoms with Gasteiger partial charge in [0, 0.05) is 24.8 Å². The summed E-state index contributed by atoms with van der Waals surface area (Å²) < 4.78 is 8.94. The Morgan fingerprint density at radius 1 is 1.05 bits per heavy atom. The Balaban J connectivity index is 1.89. The predicted octanol–water partition coefficient (Wildman–Crippen LogP) is 2.85. The lowest BCUT2D eigenvalue weighted by molar-refractivity contribution is 0.414.